The van der Waals surface area contributed by atoms with E-state index in [1.165, 1.54) is 4.90 Å². The van der Waals surface area contributed by atoms with Crippen LogP contribution in [-0.4, -0.2) is 65.4 Å². The number of nitrogens with zero attached hydrogens (tertiary/aromatic N) is 5. The molecule has 1 aromatic carbocycles. The molecule has 0 atom stereocenters. The molecule has 1 saturated heterocycles. The first-order valence-corrected chi connectivity index (χ1v) is 11.6. The molecule has 13 heteroatoms. The van der Waals surface area contributed by atoms with Crippen LogP contribution in [0.5, 0.6) is 0 Å². The molecule has 2 aromatic rings. The summed E-state index contributed by atoms with van der Waals surface area (Å²) in [6, 6.07) is 3.08. The normalized spacial score (nSPS) is 18.0. The van der Waals surface area contributed by atoms with E-state index in [0.29, 0.717) is 31.6 Å². The summed E-state index contributed by atoms with van der Waals surface area (Å²) in [6.07, 6.45) is -9.17. The Balaban J connectivity index is 1.44. The topological polar surface area (TPSA) is 53.8 Å². The van der Waals surface area contributed by atoms with Crippen molar-refractivity contribution in [3.63, 3.8) is 0 Å². The third-order valence-corrected chi connectivity index (χ3v) is 6.31. The zero-order valence-corrected chi connectivity index (χ0v) is 19.7. The molecule has 0 saturated carbocycles. The van der Waals surface area contributed by atoms with E-state index < -0.39 is 41.7 Å². The number of rotatable bonds is 3. The second kappa shape index (κ2) is 10.2. The molecule has 36 heavy (non-hydrogen) atoms. The van der Waals surface area contributed by atoms with Gasteiger partial charge in [-0.2, -0.15) is 31.4 Å². The van der Waals surface area contributed by atoms with Crippen LogP contribution < -0.4 is 4.90 Å². The van der Waals surface area contributed by atoms with Crippen LogP contribution in [0.1, 0.15) is 35.2 Å². The van der Waals surface area contributed by atoms with E-state index in [4.69, 9.17) is 4.74 Å². The summed E-state index contributed by atoms with van der Waals surface area (Å²) in [4.78, 5) is 18.5. The lowest BCUT2D eigenvalue weighted by molar-refractivity contribution is -0.143. The second-order valence-electron chi connectivity index (χ2n) is 9.10. The number of aromatic nitrogens is 2. The number of halogens is 6. The minimum atomic E-state index is -4.97. The molecule has 198 valence electrons. The van der Waals surface area contributed by atoms with Crippen molar-refractivity contribution < 1.29 is 35.9 Å². The Bertz CT molecular complexity index is 1050. The number of ether oxygens (including phenoxy) is 1. The van der Waals surface area contributed by atoms with Gasteiger partial charge in [0.25, 0.3) is 0 Å². The minimum absolute atomic E-state index is 0.0429. The smallest absolute Gasteiger partial charge is 0.416 e. The van der Waals surface area contributed by atoms with E-state index in [0.717, 1.165) is 44.1 Å². The van der Waals surface area contributed by atoms with E-state index in [1.807, 2.05) is 10.7 Å². The van der Waals surface area contributed by atoms with Crippen molar-refractivity contribution in [3.05, 3.63) is 46.6 Å². The van der Waals surface area contributed by atoms with Crippen LogP contribution >= 0.6 is 0 Å². The number of amides is 1. The van der Waals surface area contributed by atoms with Crippen molar-refractivity contribution in [2.24, 2.45) is 0 Å². The predicted molar refractivity (Wildman–Crippen MR) is 118 cm³/mol. The van der Waals surface area contributed by atoms with Gasteiger partial charge in [0, 0.05) is 38.8 Å². The van der Waals surface area contributed by atoms with Crippen LogP contribution in [0.25, 0.3) is 0 Å². The van der Waals surface area contributed by atoms with E-state index in [-0.39, 0.29) is 12.6 Å². The first kappa shape index (κ1) is 26.1. The summed E-state index contributed by atoms with van der Waals surface area (Å²) in [5.41, 5.74) is -2.50. The van der Waals surface area contributed by atoms with Crippen molar-refractivity contribution in [2.75, 3.05) is 44.7 Å². The molecule has 3 heterocycles. The molecule has 1 amide bonds. The fourth-order valence-corrected chi connectivity index (χ4v) is 4.37. The highest BCUT2D eigenvalue weighted by Crippen LogP contribution is 2.36. The average molecular weight is 519 g/mol. The van der Waals surface area contributed by atoms with Gasteiger partial charge in [0.05, 0.1) is 23.4 Å². The lowest BCUT2D eigenvalue weighted by Gasteiger charge is -2.21. The molecular formula is C23H27F6N5O2. The summed E-state index contributed by atoms with van der Waals surface area (Å²) in [6.45, 7) is 3.97. The lowest BCUT2D eigenvalue weighted by atomic mass is 10.1. The minimum Gasteiger partial charge on any atom is -0.445 e. The Hall–Kier alpha value is -2.96. The van der Waals surface area contributed by atoms with Crippen LogP contribution in [-0.2, 0) is 36.8 Å². The maximum atomic E-state index is 13.1. The number of fused-ring (bicyclic) bond motifs is 1. The molecule has 1 fully saturated rings. The standard InChI is InChI=1S/C23H27F6N5O2/c1-31-4-2-5-32(9-8-31)20-13-19-14-33(6-3-7-34(19)30-20)21(35)36-15-16-10-17(22(24,25)26)12-18(11-16)23(27,28)29/h10-13H,2-9,14-15H2,1H3. The number of anilines is 1. The molecule has 0 N–H and O–H groups in total. The van der Waals surface area contributed by atoms with Gasteiger partial charge in [-0.15, -0.1) is 0 Å². The van der Waals surface area contributed by atoms with Gasteiger partial charge in [-0.05, 0) is 50.2 Å². The number of hydrogen-bond donors (Lipinski definition) is 0. The number of hydrogen-bond acceptors (Lipinski definition) is 5. The number of aryl methyl sites for hydroxylation is 1. The fourth-order valence-electron chi connectivity index (χ4n) is 4.37. The summed E-state index contributed by atoms with van der Waals surface area (Å²) >= 11 is 0. The Morgan fingerprint density at radius 1 is 0.889 bits per heavy atom. The molecule has 0 radical (unpaired) electrons. The number of likely N-dealkylation sites (N-methyl/N-ethyl adjacent to an activating group) is 1. The van der Waals surface area contributed by atoms with Gasteiger partial charge in [0.15, 0.2) is 5.82 Å². The van der Waals surface area contributed by atoms with Crippen LogP contribution in [0.3, 0.4) is 0 Å². The van der Waals surface area contributed by atoms with Gasteiger partial charge < -0.3 is 19.4 Å². The van der Waals surface area contributed by atoms with Gasteiger partial charge in [-0.1, -0.05) is 0 Å². The molecule has 2 aliphatic heterocycles. The molecule has 7 nitrogen and oxygen atoms in total. The van der Waals surface area contributed by atoms with E-state index >= 15 is 0 Å². The zero-order valence-electron chi connectivity index (χ0n) is 19.7. The van der Waals surface area contributed by atoms with Crippen molar-refractivity contribution in [1.82, 2.24) is 19.6 Å². The Kier molecular flexibility index (Phi) is 7.39. The average Bonchev–Trinajstić information content (AvgIpc) is 2.94. The quantitative estimate of drug-likeness (QED) is 0.555. The zero-order chi connectivity index (χ0) is 26.1. The van der Waals surface area contributed by atoms with Crippen molar-refractivity contribution in [2.45, 2.75) is 44.9 Å². The second-order valence-corrected chi connectivity index (χ2v) is 9.10. The maximum Gasteiger partial charge on any atom is 0.416 e. The van der Waals surface area contributed by atoms with Gasteiger partial charge in [-0.25, -0.2) is 4.79 Å². The van der Waals surface area contributed by atoms with Crippen LogP contribution in [0.4, 0.5) is 37.0 Å². The molecular weight excluding hydrogens is 492 g/mol. The Morgan fingerprint density at radius 2 is 1.56 bits per heavy atom. The largest absolute Gasteiger partial charge is 0.445 e. The molecule has 0 aliphatic carbocycles. The van der Waals surface area contributed by atoms with Crippen molar-refractivity contribution >= 4 is 11.9 Å². The van der Waals surface area contributed by atoms with Crippen molar-refractivity contribution in [3.8, 4) is 0 Å². The fraction of sp³-hybridized carbons (Fsp3) is 0.565. The Morgan fingerprint density at radius 3 is 2.22 bits per heavy atom. The Labute approximate surface area is 204 Å². The monoisotopic (exact) mass is 519 g/mol. The molecule has 0 bridgehead atoms. The maximum absolute atomic E-state index is 13.1. The highest BCUT2D eigenvalue weighted by molar-refractivity contribution is 5.67. The van der Waals surface area contributed by atoms with E-state index in [2.05, 4.69) is 21.9 Å². The third-order valence-electron chi connectivity index (χ3n) is 6.31. The lowest BCUT2D eigenvalue weighted by Crippen LogP contribution is -2.31. The highest BCUT2D eigenvalue weighted by atomic mass is 19.4. The number of benzene rings is 1. The van der Waals surface area contributed by atoms with Gasteiger partial charge in [0.1, 0.15) is 6.61 Å². The van der Waals surface area contributed by atoms with Crippen molar-refractivity contribution in [1.29, 1.82) is 0 Å². The van der Waals surface area contributed by atoms with Gasteiger partial charge >= 0.3 is 18.4 Å². The number of carbonyl (C=O) groups excluding carboxylic acids is 1. The molecule has 2 aliphatic rings. The molecule has 0 unspecified atom stereocenters. The third kappa shape index (κ3) is 6.23. The summed E-state index contributed by atoms with van der Waals surface area (Å²) in [5, 5.41) is 4.69. The molecule has 1 aromatic heterocycles. The summed E-state index contributed by atoms with van der Waals surface area (Å²) in [7, 11) is 2.07. The van der Waals surface area contributed by atoms with E-state index in [1.54, 1.807) is 0 Å². The first-order valence-electron chi connectivity index (χ1n) is 11.6. The van der Waals surface area contributed by atoms with Gasteiger partial charge in [0.2, 0.25) is 0 Å². The van der Waals surface area contributed by atoms with Crippen LogP contribution in [0.15, 0.2) is 24.3 Å². The van der Waals surface area contributed by atoms with Crippen LogP contribution in [0, 0.1) is 0 Å². The van der Waals surface area contributed by atoms with E-state index in [9.17, 15) is 31.1 Å². The highest BCUT2D eigenvalue weighted by Gasteiger charge is 2.37. The SMILES string of the molecule is CN1CCCN(c2cc3n(n2)CCCN(C(=O)OCc2cc(C(F)(F)F)cc(C(F)(F)F)c2)C3)CC1. The predicted octanol–water partition coefficient (Wildman–Crippen LogP) is 4.61. The van der Waals surface area contributed by atoms with Gasteiger partial charge in [-0.3, -0.25) is 4.68 Å². The summed E-state index contributed by atoms with van der Waals surface area (Å²) in [5.74, 6) is 0.819. The molecule has 4 rings (SSSR count). The first-order chi connectivity index (χ1) is 16.9. The molecule has 0 spiro atoms. The summed E-state index contributed by atoms with van der Waals surface area (Å²) < 4.78 is 85.5. The number of alkyl halides is 6. The van der Waals surface area contributed by atoms with Crippen LogP contribution in [0.2, 0.25) is 0 Å². The number of carbonyl (C=O) groups is 1.